The van der Waals surface area contributed by atoms with Gasteiger partial charge in [-0.2, -0.15) is 5.10 Å². The Balaban J connectivity index is 2.04. The number of aromatic hydroxyl groups is 1. The van der Waals surface area contributed by atoms with Crippen LogP contribution in [-0.2, 0) is 0 Å². The lowest BCUT2D eigenvalue weighted by atomic mass is 10.2. The van der Waals surface area contributed by atoms with Crippen molar-refractivity contribution in [3.05, 3.63) is 53.6 Å². The number of methoxy groups -OCH3 is 1. The van der Waals surface area contributed by atoms with Crippen molar-refractivity contribution in [1.82, 2.24) is 5.43 Å². The second kappa shape index (κ2) is 8.57. The zero-order valence-electron chi connectivity index (χ0n) is 13.7. The Morgan fingerprint density at radius 1 is 1.25 bits per heavy atom. The molecule has 6 heteroatoms. The van der Waals surface area contributed by atoms with E-state index >= 15 is 0 Å². The first-order valence-electron chi connectivity index (χ1n) is 7.58. The summed E-state index contributed by atoms with van der Waals surface area (Å²) in [5.74, 6) is 0.678. The summed E-state index contributed by atoms with van der Waals surface area (Å²) in [7, 11) is 1.56. The highest BCUT2D eigenvalue weighted by molar-refractivity contribution is 5.97. The summed E-state index contributed by atoms with van der Waals surface area (Å²) in [5, 5.41) is 13.5. The number of ether oxygens (including phenoxy) is 2. The standard InChI is InChI=1S/C18H20N2O4/c1-3-10-24-16-9-8-13(11-17(16)23-2)12-19-20-18(22)14-6-4-5-7-15(14)21/h4-9,11-12,21H,3,10H2,1-2H3,(H,20,22)/b19-12-. The number of hydrogen-bond donors (Lipinski definition) is 2. The summed E-state index contributed by atoms with van der Waals surface area (Å²) in [6, 6.07) is 11.6. The summed E-state index contributed by atoms with van der Waals surface area (Å²) in [6.07, 6.45) is 2.40. The van der Waals surface area contributed by atoms with Crippen molar-refractivity contribution >= 4 is 12.1 Å². The number of phenolic OH excluding ortho intramolecular Hbond substituents is 1. The molecule has 24 heavy (non-hydrogen) atoms. The number of hydrazone groups is 1. The molecule has 0 spiro atoms. The molecule has 126 valence electrons. The number of nitrogens with one attached hydrogen (secondary N) is 1. The highest BCUT2D eigenvalue weighted by Gasteiger charge is 2.09. The molecule has 0 aliphatic carbocycles. The van der Waals surface area contributed by atoms with Gasteiger partial charge in [0.05, 0.1) is 25.5 Å². The third-order valence-corrected chi connectivity index (χ3v) is 3.18. The first kappa shape index (κ1) is 17.3. The first-order valence-corrected chi connectivity index (χ1v) is 7.58. The molecule has 0 saturated carbocycles. The number of amides is 1. The van der Waals surface area contributed by atoms with E-state index in [9.17, 15) is 9.90 Å². The number of phenols is 1. The molecular weight excluding hydrogens is 308 g/mol. The van der Waals surface area contributed by atoms with Crippen LogP contribution in [-0.4, -0.2) is 30.9 Å². The Morgan fingerprint density at radius 3 is 2.75 bits per heavy atom. The van der Waals surface area contributed by atoms with E-state index < -0.39 is 5.91 Å². The molecule has 0 heterocycles. The Kier molecular flexibility index (Phi) is 6.19. The summed E-state index contributed by atoms with van der Waals surface area (Å²) in [5.41, 5.74) is 3.28. The molecule has 2 aromatic rings. The van der Waals surface area contributed by atoms with Gasteiger partial charge in [0.25, 0.3) is 5.91 Å². The van der Waals surface area contributed by atoms with E-state index in [-0.39, 0.29) is 11.3 Å². The van der Waals surface area contributed by atoms with Crippen molar-refractivity contribution in [2.75, 3.05) is 13.7 Å². The van der Waals surface area contributed by atoms with Gasteiger partial charge in [0.2, 0.25) is 0 Å². The minimum atomic E-state index is -0.487. The smallest absolute Gasteiger partial charge is 0.275 e. The predicted octanol–water partition coefficient (Wildman–Crippen LogP) is 2.95. The Hall–Kier alpha value is -3.02. The summed E-state index contributed by atoms with van der Waals surface area (Å²) < 4.78 is 10.9. The number of benzene rings is 2. The van der Waals surface area contributed by atoms with E-state index in [1.165, 1.54) is 18.3 Å². The first-order chi connectivity index (χ1) is 11.7. The van der Waals surface area contributed by atoms with E-state index in [0.717, 1.165) is 12.0 Å². The van der Waals surface area contributed by atoms with Gasteiger partial charge in [-0.05, 0) is 42.3 Å². The van der Waals surface area contributed by atoms with E-state index in [1.54, 1.807) is 31.4 Å². The summed E-state index contributed by atoms with van der Waals surface area (Å²) in [4.78, 5) is 11.9. The van der Waals surface area contributed by atoms with Crippen LogP contribution in [0, 0.1) is 0 Å². The minimum Gasteiger partial charge on any atom is -0.507 e. The fourth-order valence-electron chi connectivity index (χ4n) is 1.99. The fraction of sp³-hybridized carbons (Fsp3) is 0.222. The van der Waals surface area contributed by atoms with Crippen molar-refractivity contribution in [2.45, 2.75) is 13.3 Å². The molecule has 0 atom stereocenters. The van der Waals surface area contributed by atoms with Crippen LogP contribution in [0.5, 0.6) is 17.2 Å². The molecule has 0 aliphatic heterocycles. The lowest BCUT2D eigenvalue weighted by Gasteiger charge is -2.10. The van der Waals surface area contributed by atoms with Crippen LogP contribution in [0.25, 0.3) is 0 Å². The summed E-state index contributed by atoms with van der Waals surface area (Å²) >= 11 is 0. The zero-order valence-corrected chi connectivity index (χ0v) is 13.7. The van der Waals surface area contributed by atoms with Gasteiger partial charge >= 0.3 is 0 Å². The normalized spacial score (nSPS) is 10.6. The largest absolute Gasteiger partial charge is 0.507 e. The highest BCUT2D eigenvalue weighted by atomic mass is 16.5. The maximum absolute atomic E-state index is 11.9. The van der Waals surface area contributed by atoms with E-state index in [0.29, 0.717) is 18.1 Å². The van der Waals surface area contributed by atoms with Gasteiger partial charge in [-0.3, -0.25) is 4.79 Å². The highest BCUT2D eigenvalue weighted by Crippen LogP contribution is 2.27. The molecule has 0 bridgehead atoms. The van der Waals surface area contributed by atoms with Crippen LogP contribution < -0.4 is 14.9 Å². The van der Waals surface area contributed by atoms with Crippen LogP contribution in [0.15, 0.2) is 47.6 Å². The maximum atomic E-state index is 11.9. The maximum Gasteiger partial charge on any atom is 0.275 e. The van der Waals surface area contributed by atoms with Crippen molar-refractivity contribution in [2.24, 2.45) is 5.10 Å². The van der Waals surface area contributed by atoms with Gasteiger partial charge in [0.1, 0.15) is 5.75 Å². The number of carbonyl (C=O) groups is 1. The van der Waals surface area contributed by atoms with E-state index in [2.05, 4.69) is 10.5 Å². The number of hydrogen-bond acceptors (Lipinski definition) is 5. The molecule has 0 saturated heterocycles. The summed E-state index contributed by atoms with van der Waals surface area (Å²) in [6.45, 7) is 2.64. The van der Waals surface area contributed by atoms with Crippen LogP contribution in [0.1, 0.15) is 29.3 Å². The molecule has 2 rings (SSSR count). The van der Waals surface area contributed by atoms with Gasteiger partial charge in [-0.15, -0.1) is 0 Å². The Bertz CT molecular complexity index is 729. The fourth-order valence-corrected chi connectivity index (χ4v) is 1.99. The van der Waals surface area contributed by atoms with E-state index in [1.807, 2.05) is 13.0 Å². The van der Waals surface area contributed by atoms with Gasteiger partial charge < -0.3 is 14.6 Å². The number of rotatable bonds is 7. The molecule has 2 aromatic carbocycles. The molecule has 0 unspecified atom stereocenters. The lowest BCUT2D eigenvalue weighted by Crippen LogP contribution is -2.17. The SMILES string of the molecule is CCCOc1ccc(/C=N\NC(=O)c2ccccc2O)cc1OC. The Morgan fingerprint density at radius 2 is 2.04 bits per heavy atom. The number of carbonyl (C=O) groups excluding carboxylic acids is 1. The number of para-hydroxylation sites is 1. The van der Waals surface area contributed by atoms with Gasteiger partial charge in [-0.25, -0.2) is 5.43 Å². The van der Waals surface area contributed by atoms with Crippen molar-refractivity contribution < 1.29 is 19.4 Å². The molecule has 1 amide bonds. The average Bonchev–Trinajstić information content (AvgIpc) is 2.60. The van der Waals surface area contributed by atoms with Crippen molar-refractivity contribution in [1.29, 1.82) is 0 Å². The monoisotopic (exact) mass is 328 g/mol. The van der Waals surface area contributed by atoms with Crippen LogP contribution in [0.4, 0.5) is 0 Å². The van der Waals surface area contributed by atoms with Crippen LogP contribution >= 0.6 is 0 Å². The van der Waals surface area contributed by atoms with Crippen LogP contribution in [0.2, 0.25) is 0 Å². The molecule has 0 fully saturated rings. The second-order valence-electron chi connectivity index (χ2n) is 4.98. The number of nitrogens with zero attached hydrogens (tertiary/aromatic N) is 1. The third-order valence-electron chi connectivity index (χ3n) is 3.18. The topological polar surface area (TPSA) is 80.2 Å². The minimum absolute atomic E-state index is 0.0932. The molecule has 6 nitrogen and oxygen atoms in total. The van der Waals surface area contributed by atoms with Gasteiger partial charge in [-0.1, -0.05) is 19.1 Å². The average molecular weight is 328 g/mol. The third kappa shape index (κ3) is 4.49. The second-order valence-corrected chi connectivity index (χ2v) is 4.98. The molecule has 0 aliphatic rings. The molecular formula is C18H20N2O4. The molecule has 2 N–H and O–H groups in total. The van der Waals surface area contributed by atoms with Crippen molar-refractivity contribution in [3.8, 4) is 17.2 Å². The van der Waals surface area contributed by atoms with Gasteiger partial charge in [0, 0.05) is 0 Å². The predicted molar refractivity (Wildman–Crippen MR) is 91.9 cm³/mol. The van der Waals surface area contributed by atoms with Crippen LogP contribution in [0.3, 0.4) is 0 Å². The Labute approximate surface area is 140 Å². The van der Waals surface area contributed by atoms with Crippen molar-refractivity contribution in [3.63, 3.8) is 0 Å². The van der Waals surface area contributed by atoms with Gasteiger partial charge in [0.15, 0.2) is 11.5 Å². The van der Waals surface area contributed by atoms with E-state index in [4.69, 9.17) is 9.47 Å². The lowest BCUT2D eigenvalue weighted by molar-refractivity contribution is 0.0952. The zero-order chi connectivity index (χ0) is 17.4. The molecule has 0 aromatic heterocycles. The molecule has 0 radical (unpaired) electrons. The quantitative estimate of drug-likeness (QED) is 0.605.